The molecule has 0 bridgehead atoms. The van der Waals surface area contributed by atoms with Crippen molar-refractivity contribution in [2.75, 3.05) is 0 Å². The van der Waals surface area contributed by atoms with Crippen LogP contribution in [0.3, 0.4) is 0 Å². The number of benzene rings is 2. The number of rotatable bonds is 1. The highest BCUT2D eigenvalue weighted by Crippen LogP contribution is 2.08. The fraction of sp³-hybridized carbons (Fsp3) is 0.0625. The van der Waals surface area contributed by atoms with Gasteiger partial charge < -0.3 is 0 Å². The molecule has 0 unspecified atom stereocenters. The second-order valence-electron chi connectivity index (χ2n) is 3.82. The van der Waals surface area contributed by atoms with E-state index < -0.39 is 0 Å². The van der Waals surface area contributed by atoms with Gasteiger partial charge >= 0.3 is 0 Å². The molecule has 17 heavy (non-hydrogen) atoms. The number of aryl methyl sites for hydroxylation is 1. The van der Waals surface area contributed by atoms with Crippen LogP contribution in [0.4, 0.5) is 0 Å². The average Bonchev–Trinajstić information content (AvgIpc) is 2.38. The van der Waals surface area contributed by atoms with Gasteiger partial charge in [0.25, 0.3) is 0 Å². The van der Waals surface area contributed by atoms with Crippen molar-refractivity contribution in [1.29, 1.82) is 0 Å². The maximum Gasteiger partial charge on any atom is 0.151 e. The molecule has 0 aliphatic carbocycles. The Labute approximate surface area is 101 Å². The van der Waals surface area contributed by atoms with Gasteiger partial charge in [0.1, 0.15) is 0 Å². The maximum absolute atomic E-state index is 10.9. The van der Waals surface area contributed by atoms with Crippen molar-refractivity contribution in [2.24, 2.45) is 0 Å². The second-order valence-corrected chi connectivity index (χ2v) is 3.82. The molecule has 0 heterocycles. The Morgan fingerprint density at radius 3 is 2.47 bits per heavy atom. The first-order valence-electron chi connectivity index (χ1n) is 5.42. The summed E-state index contributed by atoms with van der Waals surface area (Å²) in [4.78, 5) is 10.9. The van der Waals surface area contributed by atoms with Crippen molar-refractivity contribution in [3.05, 3.63) is 70.8 Å². The SMILES string of the molecule is Cc1ccc(C=O)c(C#Cc2ccccc2)c1. The van der Waals surface area contributed by atoms with Gasteiger partial charge in [-0.1, -0.05) is 42.2 Å². The van der Waals surface area contributed by atoms with Crippen molar-refractivity contribution in [3.63, 3.8) is 0 Å². The van der Waals surface area contributed by atoms with Crippen LogP contribution < -0.4 is 0 Å². The van der Waals surface area contributed by atoms with Crippen LogP contribution in [0.25, 0.3) is 0 Å². The lowest BCUT2D eigenvalue weighted by Gasteiger charge is -1.98. The molecule has 0 atom stereocenters. The van der Waals surface area contributed by atoms with Crippen molar-refractivity contribution >= 4 is 6.29 Å². The molecule has 0 saturated heterocycles. The quantitative estimate of drug-likeness (QED) is 0.532. The summed E-state index contributed by atoms with van der Waals surface area (Å²) in [5.74, 6) is 6.09. The molecule has 0 aliphatic rings. The molecular formula is C16H12O. The number of aldehydes is 1. The Balaban J connectivity index is 2.39. The molecule has 0 fully saturated rings. The van der Waals surface area contributed by atoms with E-state index >= 15 is 0 Å². The Morgan fingerprint density at radius 2 is 1.76 bits per heavy atom. The Bertz CT molecular complexity index is 586. The number of hydrogen-bond acceptors (Lipinski definition) is 1. The predicted octanol–water partition coefficient (Wildman–Crippen LogP) is 3.21. The van der Waals surface area contributed by atoms with E-state index in [-0.39, 0.29) is 0 Å². The third-order valence-electron chi connectivity index (χ3n) is 2.45. The topological polar surface area (TPSA) is 17.1 Å². The molecule has 2 aromatic carbocycles. The fourth-order valence-electron chi connectivity index (χ4n) is 1.54. The fourth-order valence-corrected chi connectivity index (χ4v) is 1.54. The average molecular weight is 220 g/mol. The lowest BCUT2D eigenvalue weighted by Crippen LogP contribution is -1.88. The molecule has 0 N–H and O–H groups in total. The first kappa shape index (κ1) is 11.2. The van der Waals surface area contributed by atoms with Gasteiger partial charge in [-0.15, -0.1) is 0 Å². The number of carbonyl (C=O) groups excluding carboxylic acids is 1. The van der Waals surface area contributed by atoms with Crippen LogP contribution in [0, 0.1) is 18.8 Å². The summed E-state index contributed by atoms with van der Waals surface area (Å²) in [6.07, 6.45) is 0.842. The number of hydrogen-bond donors (Lipinski definition) is 0. The molecule has 0 saturated carbocycles. The smallest absolute Gasteiger partial charge is 0.151 e. The van der Waals surface area contributed by atoms with E-state index in [1.54, 1.807) is 6.07 Å². The Hall–Kier alpha value is -2.33. The van der Waals surface area contributed by atoms with Crippen molar-refractivity contribution < 1.29 is 4.79 Å². The third-order valence-corrected chi connectivity index (χ3v) is 2.45. The van der Waals surface area contributed by atoms with E-state index in [0.717, 1.165) is 23.0 Å². The standard InChI is InChI=1S/C16H12O/c1-13-7-9-16(12-17)15(11-13)10-8-14-5-3-2-4-6-14/h2-7,9,11-12H,1H3. The molecule has 1 nitrogen and oxygen atoms in total. The first-order valence-corrected chi connectivity index (χ1v) is 5.42. The number of carbonyl (C=O) groups is 1. The van der Waals surface area contributed by atoms with Gasteiger partial charge in [-0.3, -0.25) is 4.79 Å². The maximum atomic E-state index is 10.9. The minimum atomic E-state index is 0.638. The molecule has 82 valence electrons. The molecule has 0 radical (unpaired) electrons. The van der Waals surface area contributed by atoms with E-state index in [1.807, 2.05) is 49.4 Å². The van der Waals surface area contributed by atoms with Gasteiger partial charge in [-0.2, -0.15) is 0 Å². The van der Waals surface area contributed by atoms with Crippen molar-refractivity contribution in [2.45, 2.75) is 6.92 Å². The predicted molar refractivity (Wildman–Crippen MR) is 69.0 cm³/mol. The monoisotopic (exact) mass is 220 g/mol. The largest absolute Gasteiger partial charge is 0.298 e. The Morgan fingerprint density at radius 1 is 1.00 bits per heavy atom. The van der Waals surface area contributed by atoms with Crippen LogP contribution in [0.15, 0.2) is 48.5 Å². The highest BCUT2D eigenvalue weighted by molar-refractivity contribution is 5.79. The summed E-state index contributed by atoms with van der Waals surface area (Å²) in [6.45, 7) is 1.99. The second kappa shape index (κ2) is 5.14. The van der Waals surface area contributed by atoms with Gasteiger partial charge in [0.15, 0.2) is 6.29 Å². The zero-order valence-corrected chi connectivity index (χ0v) is 9.60. The molecule has 0 amide bonds. The Kier molecular flexibility index (Phi) is 3.37. The van der Waals surface area contributed by atoms with Gasteiger partial charge in [-0.25, -0.2) is 0 Å². The van der Waals surface area contributed by atoms with Gasteiger partial charge in [0, 0.05) is 16.7 Å². The van der Waals surface area contributed by atoms with Crippen LogP contribution in [0.2, 0.25) is 0 Å². The lowest BCUT2D eigenvalue weighted by molar-refractivity contribution is 0.112. The molecule has 2 rings (SSSR count). The van der Waals surface area contributed by atoms with Crippen LogP contribution in [0.1, 0.15) is 27.0 Å². The summed E-state index contributed by atoms with van der Waals surface area (Å²) < 4.78 is 0. The summed E-state index contributed by atoms with van der Waals surface area (Å²) in [5.41, 5.74) is 3.47. The third kappa shape index (κ3) is 2.83. The van der Waals surface area contributed by atoms with Gasteiger partial charge in [0.05, 0.1) is 0 Å². The zero-order valence-electron chi connectivity index (χ0n) is 9.60. The van der Waals surface area contributed by atoms with E-state index in [2.05, 4.69) is 11.8 Å². The van der Waals surface area contributed by atoms with Crippen LogP contribution >= 0.6 is 0 Å². The molecule has 0 aromatic heterocycles. The van der Waals surface area contributed by atoms with E-state index in [0.29, 0.717) is 5.56 Å². The van der Waals surface area contributed by atoms with E-state index in [9.17, 15) is 4.79 Å². The highest BCUT2D eigenvalue weighted by atomic mass is 16.1. The summed E-state index contributed by atoms with van der Waals surface area (Å²) >= 11 is 0. The minimum Gasteiger partial charge on any atom is -0.298 e. The van der Waals surface area contributed by atoms with Crippen molar-refractivity contribution in [3.8, 4) is 11.8 Å². The van der Waals surface area contributed by atoms with E-state index in [1.165, 1.54) is 0 Å². The van der Waals surface area contributed by atoms with Gasteiger partial charge in [-0.05, 0) is 30.7 Å². The summed E-state index contributed by atoms with van der Waals surface area (Å²) in [6, 6.07) is 15.4. The lowest BCUT2D eigenvalue weighted by atomic mass is 10.1. The normalized spacial score (nSPS) is 9.24. The molecule has 1 heteroatoms. The van der Waals surface area contributed by atoms with Crippen LogP contribution in [0.5, 0.6) is 0 Å². The molecule has 0 spiro atoms. The van der Waals surface area contributed by atoms with Crippen LogP contribution in [-0.4, -0.2) is 6.29 Å². The van der Waals surface area contributed by atoms with Crippen LogP contribution in [-0.2, 0) is 0 Å². The molecule has 2 aromatic rings. The summed E-state index contributed by atoms with van der Waals surface area (Å²) in [7, 11) is 0. The van der Waals surface area contributed by atoms with Gasteiger partial charge in [0.2, 0.25) is 0 Å². The summed E-state index contributed by atoms with van der Waals surface area (Å²) in [5, 5.41) is 0. The highest BCUT2D eigenvalue weighted by Gasteiger charge is 1.98. The van der Waals surface area contributed by atoms with E-state index in [4.69, 9.17) is 0 Å². The minimum absolute atomic E-state index is 0.638. The molecular weight excluding hydrogens is 208 g/mol. The first-order chi connectivity index (χ1) is 8.29. The zero-order chi connectivity index (χ0) is 12.1. The van der Waals surface area contributed by atoms with Crippen molar-refractivity contribution in [1.82, 2.24) is 0 Å². The molecule has 0 aliphatic heterocycles.